The molecule has 2 N–H and O–H groups in total. The first-order valence-corrected chi connectivity index (χ1v) is 7.81. The van der Waals surface area contributed by atoms with Crippen LogP contribution in [0.15, 0.2) is 4.79 Å². The SMILES string of the molecule is [C-]#[N+]c1nc2nc(N3CCCC(N)C3)n(CC#CC)c2c(=O)n1C. The van der Waals surface area contributed by atoms with Crippen LogP contribution in [0.2, 0.25) is 0 Å². The molecule has 1 atom stereocenters. The van der Waals surface area contributed by atoms with E-state index in [1.165, 1.54) is 4.57 Å². The molecule has 1 fully saturated rings. The molecule has 0 bridgehead atoms. The van der Waals surface area contributed by atoms with E-state index >= 15 is 0 Å². The predicted molar refractivity (Wildman–Crippen MR) is 91.9 cm³/mol. The zero-order chi connectivity index (χ0) is 17.3. The minimum absolute atomic E-state index is 0.0284. The fourth-order valence-corrected chi connectivity index (χ4v) is 2.98. The summed E-state index contributed by atoms with van der Waals surface area (Å²) in [5.41, 5.74) is 6.46. The van der Waals surface area contributed by atoms with Gasteiger partial charge in [0, 0.05) is 26.2 Å². The molecule has 0 saturated carbocycles. The van der Waals surface area contributed by atoms with Gasteiger partial charge in [0.05, 0.1) is 6.54 Å². The first kappa shape index (κ1) is 16.0. The van der Waals surface area contributed by atoms with Gasteiger partial charge in [0.25, 0.3) is 0 Å². The molecule has 0 aromatic carbocycles. The average molecular weight is 325 g/mol. The minimum Gasteiger partial charge on any atom is -0.396 e. The van der Waals surface area contributed by atoms with Gasteiger partial charge >= 0.3 is 11.5 Å². The van der Waals surface area contributed by atoms with Crippen LogP contribution in [0, 0.1) is 18.4 Å². The first-order valence-electron chi connectivity index (χ1n) is 7.81. The monoisotopic (exact) mass is 325 g/mol. The third-order valence-corrected chi connectivity index (χ3v) is 4.20. The second-order valence-electron chi connectivity index (χ2n) is 5.83. The van der Waals surface area contributed by atoms with E-state index in [4.69, 9.17) is 12.3 Å². The van der Waals surface area contributed by atoms with E-state index in [1.807, 2.05) is 0 Å². The standard InChI is InChI=1S/C16H19N7O/c1-4-5-9-23-12-13(19-15(18-2)21(3)14(12)24)20-16(23)22-8-6-7-11(17)10-22/h11H,6-10,17H2,1,3H3. The van der Waals surface area contributed by atoms with Gasteiger partial charge in [0.1, 0.15) is 0 Å². The molecule has 2 aromatic rings. The largest absolute Gasteiger partial charge is 0.396 e. The van der Waals surface area contributed by atoms with Crippen LogP contribution in [-0.4, -0.2) is 38.2 Å². The van der Waals surface area contributed by atoms with Crippen LogP contribution in [0.3, 0.4) is 0 Å². The lowest BCUT2D eigenvalue weighted by atomic mass is 10.1. The Hall–Kier alpha value is -2.84. The van der Waals surface area contributed by atoms with Gasteiger partial charge in [-0.2, -0.15) is 4.98 Å². The van der Waals surface area contributed by atoms with E-state index in [2.05, 4.69) is 31.6 Å². The molecule has 0 aliphatic carbocycles. The Bertz CT molecular complexity index is 938. The summed E-state index contributed by atoms with van der Waals surface area (Å²) < 4.78 is 3.03. The van der Waals surface area contributed by atoms with Crippen molar-refractivity contribution < 1.29 is 0 Å². The van der Waals surface area contributed by atoms with Gasteiger partial charge in [-0.15, -0.1) is 17.5 Å². The highest BCUT2D eigenvalue weighted by Crippen LogP contribution is 2.23. The number of aromatic nitrogens is 4. The van der Waals surface area contributed by atoms with Crippen molar-refractivity contribution in [1.82, 2.24) is 19.1 Å². The summed E-state index contributed by atoms with van der Waals surface area (Å²) >= 11 is 0. The Balaban J connectivity index is 2.24. The topological polar surface area (TPSA) is 86.3 Å². The van der Waals surface area contributed by atoms with Gasteiger partial charge in [-0.25, -0.2) is 4.79 Å². The summed E-state index contributed by atoms with van der Waals surface area (Å²) in [6.07, 6.45) is 1.95. The summed E-state index contributed by atoms with van der Waals surface area (Å²) in [6, 6.07) is 0.0823. The molecule has 0 amide bonds. The lowest BCUT2D eigenvalue weighted by molar-refractivity contribution is 0.496. The number of fused-ring (bicyclic) bond motifs is 1. The van der Waals surface area contributed by atoms with Crippen molar-refractivity contribution in [2.75, 3.05) is 18.0 Å². The summed E-state index contributed by atoms with van der Waals surface area (Å²) in [4.78, 5) is 26.8. The third-order valence-electron chi connectivity index (χ3n) is 4.20. The van der Waals surface area contributed by atoms with Crippen LogP contribution in [-0.2, 0) is 13.6 Å². The fourth-order valence-electron chi connectivity index (χ4n) is 2.98. The first-order chi connectivity index (χ1) is 11.6. The third kappa shape index (κ3) is 2.61. The molecular weight excluding hydrogens is 306 g/mol. The molecule has 1 aliphatic heterocycles. The van der Waals surface area contributed by atoms with Crippen LogP contribution in [0.25, 0.3) is 16.0 Å². The molecule has 0 spiro atoms. The Morgan fingerprint density at radius 1 is 1.46 bits per heavy atom. The van der Waals surface area contributed by atoms with Crippen LogP contribution >= 0.6 is 0 Å². The Morgan fingerprint density at radius 3 is 2.92 bits per heavy atom. The van der Waals surface area contributed by atoms with Gasteiger partial charge in [0.2, 0.25) is 11.6 Å². The molecule has 1 saturated heterocycles. The van der Waals surface area contributed by atoms with Gasteiger partial charge < -0.3 is 15.5 Å². The van der Waals surface area contributed by atoms with E-state index in [1.54, 1.807) is 18.5 Å². The van der Waals surface area contributed by atoms with Gasteiger partial charge in [0.15, 0.2) is 5.52 Å². The molecule has 8 nitrogen and oxygen atoms in total. The van der Waals surface area contributed by atoms with Crippen molar-refractivity contribution in [2.45, 2.75) is 32.4 Å². The smallest absolute Gasteiger partial charge is 0.343 e. The van der Waals surface area contributed by atoms with Crippen LogP contribution in [0.4, 0.5) is 11.9 Å². The Kier molecular flexibility index (Phi) is 4.24. The average Bonchev–Trinajstić information content (AvgIpc) is 2.94. The van der Waals surface area contributed by atoms with E-state index in [9.17, 15) is 4.79 Å². The lowest BCUT2D eigenvalue weighted by Crippen LogP contribution is -2.44. The zero-order valence-corrected chi connectivity index (χ0v) is 13.8. The maximum Gasteiger partial charge on any atom is 0.343 e. The molecule has 124 valence electrons. The molecular formula is C16H19N7O. The molecule has 0 radical (unpaired) electrons. The maximum atomic E-state index is 12.7. The number of hydrogen-bond acceptors (Lipinski definition) is 5. The van der Waals surface area contributed by atoms with E-state index in [-0.39, 0.29) is 23.2 Å². The Morgan fingerprint density at radius 2 is 2.25 bits per heavy atom. The number of nitrogens with two attached hydrogens (primary N) is 1. The number of anilines is 1. The maximum absolute atomic E-state index is 12.7. The number of imidazole rings is 1. The summed E-state index contributed by atoms with van der Waals surface area (Å²) in [7, 11) is 1.54. The highest BCUT2D eigenvalue weighted by atomic mass is 16.1. The van der Waals surface area contributed by atoms with Gasteiger partial charge in [-0.05, 0) is 19.8 Å². The van der Waals surface area contributed by atoms with Crippen molar-refractivity contribution in [3.8, 4) is 11.8 Å². The molecule has 3 rings (SSSR count). The van der Waals surface area contributed by atoms with Crippen molar-refractivity contribution in [3.63, 3.8) is 0 Å². The van der Waals surface area contributed by atoms with Crippen molar-refractivity contribution >= 4 is 23.1 Å². The number of piperidine rings is 1. The van der Waals surface area contributed by atoms with Gasteiger partial charge in [-0.3, -0.25) is 9.13 Å². The minimum atomic E-state index is -0.288. The van der Waals surface area contributed by atoms with Crippen LogP contribution < -0.4 is 16.2 Å². The zero-order valence-electron chi connectivity index (χ0n) is 13.8. The highest BCUT2D eigenvalue weighted by molar-refractivity contribution is 5.75. The molecule has 3 heterocycles. The molecule has 2 aromatic heterocycles. The Labute approximate surface area is 139 Å². The lowest BCUT2D eigenvalue weighted by Gasteiger charge is -2.31. The second-order valence-corrected chi connectivity index (χ2v) is 5.83. The molecule has 1 unspecified atom stereocenters. The molecule has 1 aliphatic rings. The summed E-state index contributed by atoms with van der Waals surface area (Å²) in [6.45, 7) is 10.8. The van der Waals surface area contributed by atoms with E-state index in [0.717, 1.165) is 19.4 Å². The van der Waals surface area contributed by atoms with Crippen molar-refractivity contribution in [1.29, 1.82) is 0 Å². The van der Waals surface area contributed by atoms with E-state index < -0.39 is 0 Å². The van der Waals surface area contributed by atoms with Crippen LogP contribution in [0.5, 0.6) is 0 Å². The van der Waals surface area contributed by atoms with Crippen molar-refractivity contribution in [3.05, 3.63) is 21.8 Å². The quantitative estimate of drug-likeness (QED) is 0.646. The van der Waals surface area contributed by atoms with Crippen LogP contribution in [0.1, 0.15) is 19.8 Å². The fraction of sp³-hybridized carbons (Fsp3) is 0.500. The summed E-state index contributed by atoms with van der Waals surface area (Å²) in [5, 5.41) is 0. The second kappa shape index (κ2) is 6.34. The highest BCUT2D eigenvalue weighted by Gasteiger charge is 2.26. The number of nitrogens with zero attached hydrogens (tertiary/aromatic N) is 6. The van der Waals surface area contributed by atoms with Crippen molar-refractivity contribution in [2.24, 2.45) is 12.8 Å². The molecule has 24 heavy (non-hydrogen) atoms. The number of hydrogen-bond donors (Lipinski definition) is 1. The predicted octanol–water partition coefficient (Wildman–Crippen LogP) is 0.632. The number of rotatable bonds is 2. The summed E-state index contributed by atoms with van der Waals surface area (Å²) in [5.74, 6) is 6.51. The van der Waals surface area contributed by atoms with E-state index in [0.29, 0.717) is 24.6 Å². The van der Waals surface area contributed by atoms with Gasteiger partial charge in [-0.1, -0.05) is 5.92 Å². The molecule has 8 heteroatoms. The normalized spacial score (nSPS) is 17.4.